The molecular formula is C17H30N2O3Si. The Morgan fingerprint density at radius 2 is 1.83 bits per heavy atom. The zero-order valence-corrected chi connectivity index (χ0v) is 16.0. The lowest BCUT2D eigenvalue weighted by atomic mass is 10.1. The maximum absolute atomic E-state index is 9.48. The van der Waals surface area contributed by atoms with Gasteiger partial charge in [-0.2, -0.15) is 0 Å². The quantitative estimate of drug-likeness (QED) is 0.437. The van der Waals surface area contributed by atoms with E-state index in [1.54, 1.807) is 12.1 Å². The van der Waals surface area contributed by atoms with Crippen molar-refractivity contribution in [3.8, 4) is 11.5 Å². The van der Waals surface area contributed by atoms with Gasteiger partial charge in [0.15, 0.2) is 11.5 Å². The third-order valence-electron chi connectivity index (χ3n) is 3.37. The lowest BCUT2D eigenvalue weighted by Gasteiger charge is -2.38. The fourth-order valence-electron chi connectivity index (χ4n) is 2.34. The highest BCUT2D eigenvalue weighted by Gasteiger charge is 2.23. The van der Waals surface area contributed by atoms with Crippen LogP contribution in [0.3, 0.4) is 0 Å². The molecule has 0 spiro atoms. The molecule has 0 heterocycles. The van der Waals surface area contributed by atoms with Crippen molar-refractivity contribution in [3.63, 3.8) is 0 Å². The number of nitrogens with two attached hydrogens (primary N) is 1. The smallest absolute Gasteiger partial charge is 0.240 e. The van der Waals surface area contributed by atoms with Crippen molar-refractivity contribution in [3.05, 3.63) is 36.4 Å². The van der Waals surface area contributed by atoms with E-state index in [0.717, 1.165) is 24.6 Å². The first kappa shape index (κ1) is 21.2. The number of hydrogen-bond acceptors (Lipinski definition) is 4. The van der Waals surface area contributed by atoms with Crippen LogP contribution in [-0.2, 0) is 11.2 Å². The van der Waals surface area contributed by atoms with Crippen LogP contribution in [0.1, 0.15) is 26.3 Å². The van der Waals surface area contributed by atoms with Crippen molar-refractivity contribution >= 4 is 14.9 Å². The van der Waals surface area contributed by atoms with Crippen molar-refractivity contribution in [1.82, 2.24) is 4.57 Å². The van der Waals surface area contributed by atoms with Crippen LogP contribution in [0.4, 0.5) is 0 Å². The molecule has 0 unspecified atom stereocenters. The van der Waals surface area contributed by atoms with E-state index in [2.05, 4.69) is 50.7 Å². The molecule has 0 aliphatic rings. The molecule has 1 aromatic carbocycles. The Morgan fingerprint density at radius 1 is 1.30 bits per heavy atom. The highest BCUT2D eigenvalue weighted by molar-refractivity contribution is 6.52. The van der Waals surface area contributed by atoms with Crippen molar-refractivity contribution in [2.45, 2.75) is 45.8 Å². The third-order valence-corrected chi connectivity index (χ3v) is 5.65. The molecule has 5 nitrogen and oxygen atoms in total. The average molecular weight is 339 g/mol. The standard InChI is InChI=1S/C14H25NO2Si.C3H5NO/c1-14(2,3)15(18(4)5)9-8-11-6-7-12(16)13(17)10-11;1-2-3(4)5/h6-7,10,16-18H,8-9H2,1-5H3;2H,1H2,(H2,4,5). The number of carbonyl (C=O) groups excluding carboxylic acids is 1. The third kappa shape index (κ3) is 8.42. The molecule has 0 aliphatic heterocycles. The summed E-state index contributed by atoms with van der Waals surface area (Å²) in [5.41, 5.74) is 5.79. The minimum Gasteiger partial charge on any atom is -0.504 e. The zero-order chi connectivity index (χ0) is 18.2. The number of nitrogens with zero attached hydrogens (tertiary/aromatic N) is 1. The van der Waals surface area contributed by atoms with Gasteiger partial charge in [-0.15, -0.1) is 0 Å². The molecule has 130 valence electrons. The van der Waals surface area contributed by atoms with Gasteiger partial charge in [0.1, 0.15) is 8.96 Å². The van der Waals surface area contributed by atoms with Crippen molar-refractivity contribution in [1.29, 1.82) is 0 Å². The van der Waals surface area contributed by atoms with Gasteiger partial charge in [0.05, 0.1) is 0 Å². The number of phenols is 2. The van der Waals surface area contributed by atoms with Gasteiger partial charge in [0.25, 0.3) is 0 Å². The van der Waals surface area contributed by atoms with Crippen LogP contribution < -0.4 is 5.73 Å². The van der Waals surface area contributed by atoms with E-state index in [1.807, 2.05) is 6.07 Å². The summed E-state index contributed by atoms with van der Waals surface area (Å²) >= 11 is 0. The van der Waals surface area contributed by atoms with Crippen molar-refractivity contribution in [2.24, 2.45) is 5.73 Å². The van der Waals surface area contributed by atoms with Gasteiger partial charge >= 0.3 is 0 Å². The summed E-state index contributed by atoms with van der Waals surface area (Å²) in [7, 11) is -0.852. The molecule has 0 aliphatic carbocycles. The fraction of sp³-hybridized carbons (Fsp3) is 0.471. The molecule has 0 fully saturated rings. The number of hydrogen-bond donors (Lipinski definition) is 3. The molecule has 0 bridgehead atoms. The van der Waals surface area contributed by atoms with Crippen LogP contribution >= 0.6 is 0 Å². The predicted octanol–water partition coefficient (Wildman–Crippen LogP) is 2.38. The van der Waals surface area contributed by atoms with E-state index in [0.29, 0.717) is 0 Å². The Bertz CT molecular complexity index is 525. The van der Waals surface area contributed by atoms with Crippen LogP contribution in [0.25, 0.3) is 0 Å². The number of benzene rings is 1. The number of rotatable bonds is 5. The summed E-state index contributed by atoms with van der Waals surface area (Å²) in [6.45, 7) is 15.5. The van der Waals surface area contributed by atoms with Crippen LogP contribution in [-0.4, -0.2) is 41.7 Å². The Morgan fingerprint density at radius 3 is 2.17 bits per heavy atom. The maximum atomic E-state index is 9.48. The van der Waals surface area contributed by atoms with Crippen molar-refractivity contribution in [2.75, 3.05) is 6.54 Å². The molecule has 1 rings (SSSR count). The summed E-state index contributed by atoms with van der Waals surface area (Å²) in [5, 5.41) is 18.8. The van der Waals surface area contributed by atoms with Crippen LogP contribution in [0.15, 0.2) is 30.9 Å². The Kier molecular flexibility index (Phi) is 8.64. The number of primary amides is 1. The fourth-order valence-corrected chi connectivity index (χ4v) is 4.54. The van der Waals surface area contributed by atoms with E-state index in [-0.39, 0.29) is 17.0 Å². The van der Waals surface area contributed by atoms with E-state index in [1.165, 1.54) is 0 Å². The second-order valence-electron chi connectivity index (χ2n) is 6.64. The molecule has 1 amide bonds. The van der Waals surface area contributed by atoms with Gasteiger partial charge in [-0.25, -0.2) is 0 Å². The zero-order valence-electron chi connectivity index (χ0n) is 14.8. The minimum atomic E-state index is -0.852. The average Bonchev–Trinajstić information content (AvgIpc) is 2.41. The molecule has 0 radical (unpaired) electrons. The van der Waals surface area contributed by atoms with Gasteiger partial charge in [-0.1, -0.05) is 25.7 Å². The summed E-state index contributed by atoms with van der Waals surface area (Å²) < 4.78 is 2.57. The van der Waals surface area contributed by atoms with Crippen LogP contribution in [0, 0.1) is 0 Å². The van der Waals surface area contributed by atoms with Crippen molar-refractivity contribution < 1.29 is 15.0 Å². The van der Waals surface area contributed by atoms with Crippen LogP contribution in [0.2, 0.25) is 13.1 Å². The molecule has 4 N–H and O–H groups in total. The first-order valence-electron chi connectivity index (χ1n) is 7.68. The number of carbonyl (C=O) groups is 1. The van der Waals surface area contributed by atoms with Gasteiger partial charge < -0.3 is 20.5 Å². The second-order valence-corrected chi connectivity index (χ2v) is 9.45. The molecule has 23 heavy (non-hydrogen) atoms. The number of phenolic OH excluding ortho intramolecular Hbond substituents is 2. The number of amides is 1. The van der Waals surface area contributed by atoms with E-state index < -0.39 is 14.9 Å². The SMILES string of the molecule is C=CC(N)=O.C[SiH](C)N(CCc1ccc(O)c(O)c1)C(C)(C)C. The van der Waals surface area contributed by atoms with E-state index >= 15 is 0 Å². The highest BCUT2D eigenvalue weighted by atomic mass is 28.3. The van der Waals surface area contributed by atoms with Crippen LogP contribution in [0.5, 0.6) is 11.5 Å². The Hall–Kier alpha value is -1.79. The highest BCUT2D eigenvalue weighted by Crippen LogP contribution is 2.25. The normalized spacial score (nSPS) is 11.1. The van der Waals surface area contributed by atoms with E-state index in [9.17, 15) is 15.0 Å². The summed E-state index contributed by atoms with van der Waals surface area (Å²) in [6.07, 6.45) is 1.95. The monoisotopic (exact) mass is 338 g/mol. The minimum absolute atomic E-state index is 0.0309. The van der Waals surface area contributed by atoms with Gasteiger partial charge in [-0.05, 0) is 57.5 Å². The maximum Gasteiger partial charge on any atom is 0.240 e. The molecular weight excluding hydrogens is 308 g/mol. The molecule has 0 saturated heterocycles. The molecule has 0 saturated carbocycles. The van der Waals surface area contributed by atoms with E-state index in [4.69, 9.17) is 0 Å². The molecule has 6 heteroatoms. The Labute approximate surface area is 141 Å². The van der Waals surface area contributed by atoms with Gasteiger partial charge in [-0.3, -0.25) is 4.79 Å². The summed E-state index contributed by atoms with van der Waals surface area (Å²) in [4.78, 5) is 9.47. The topological polar surface area (TPSA) is 86.8 Å². The largest absolute Gasteiger partial charge is 0.504 e. The van der Waals surface area contributed by atoms with Gasteiger partial charge in [0, 0.05) is 5.54 Å². The first-order chi connectivity index (χ1) is 10.5. The molecule has 0 aromatic heterocycles. The second kappa shape index (κ2) is 9.37. The summed E-state index contributed by atoms with van der Waals surface area (Å²) in [5.74, 6) is -0.564. The molecule has 0 atom stereocenters. The lowest BCUT2D eigenvalue weighted by molar-refractivity contribution is -0.113. The predicted molar refractivity (Wildman–Crippen MR) is 98.2 cm³/mol. The molecule has 1 aromatic rings. The number of aromatic hydroxyl groups is 2. The summed E-state index contributed by atoms with van der Waals surface area (Å²) in [6, 6.07) is 5.08. The lowest BCUT2D eigenvalue weighted by Crippen LogP contribution is -2.49. The first-order valence-corrected chi connectivity index (χ1v) is 10.5. The Balaban J connectivity index is 0.000000841. The van der Waals surface area contributed by atoms with Gasteiger partial charge in [0.2, 0.25) is 5.91 Å².